The Labute approximate surface area is 187 Å². The standard InChI is InChI=1S/C23H18BrN3O4/c1-15-2-10-19(11-3-15)26-21(28)22(29)27-25-14-16-4-12-20(13-5-16)31-23(30)17-6-8-18(24)9-7-17/h2-14H,1H3,(H,26,28)(H,27,29)/b25-14-. The van der Waals surface area contributed by atoms with Gasteiger partial charge in [-0.05, 0) is 73.2 Å². The van der Waals surface area contributed by atoms with Crippen LogP contribution >= 0.6 is 15.9 Å². The number of ether oxygens (including phenoxy) is 1. The second kappa shape index (κ2) is 10.3. The number of carbonyl (C=O) groups is 3. The molecule has 0 aliphatic rings. The first-order valence-corrected chi connectivity index (χ1v) is 9.99. The van der Waals surface area contributed by atoms with Crippen LogP contribution in [-0.4, -0.2) is 24.0 Å². The van der Waals surface area contributed by atoms with Gasteiger partial charge < -0.3 is 10.1 Å². The molecule has 3 rings (SSSR count). The fourth-order valence-corrected chi connectivity index (χ4v) is 2.68. The summed E-state index contributed by atoms with van der Waals surface area (Å²) in [7, 11) is 0. The number of halogens is 1. The number of hydrogen-bond donors (Lipinski definition) is 2. The predicted molar refractivity (Wildman–Crippen MR) is 121 cm³/mol. The zero-order valence-electron chi connectivity index (χ0n) is 16.5. The van der Waals surface area contributed by atoms with Gasteiger partial charge >= 0.3 is 17.8 Å². The van der Waals surface area contributed by atoms with Crippen LogP contribution < -0.4 is 15.5 Å². The highest BCUT2D eigenvalue weighted by Gasteiger charge is 2.12. The average molecular weight is 480 g/mol. The number of hydrazone groups is 1. The molecule has 7 nitrogen and oxygen atoms in total. The SMILES string of the molecule is Cc1ccc(NC(=O)C(=O)N/N=C\c2ccc(OC(=O)c3ccc(Br)cc3)cc2)cc1. The molecular formula is C23H18BrN3O4. The highest BCUT2D eigenvalue weighted by molar-refractivity contribution is 9.10. The van der Waals surface area contributed by atoms with Crippen molar-refractivity contribution in [3.63, 3.8) is 0 Å². The van der Waals surface area contributed by atoms with Crippen molar-refractivity contribution in [2.75, 3.05) is 5.32 Å². The molecule has 8 heteroatoms. The van der Waals surface area contributed by atoms with E-state index in [1.54, 1.807) is 60.7 Å². The molecule has 0 unspecified atom stereocenters. The molecule has 0 saturated heterocycles. The van der Waals surface area contributed by atoms with Crippen LogP contribution in [0.15, 0.2) is 82.4 Å². The molecule has 156 valence electrons. The molecule has 0 saturated carbocycles. The van der Waals surface area contributed by atoms with Crippen molar-refractivity contribution in [3.8, 4) is 5.75 Å². The van der Waals surface area contributed by atoms with Gasteiger partial charge in [0.25, 0.3) is 0 Å². The van der Waals surface area contributed by atoms with Gasteiger partial charge in [-0.3, -0.25) is 9.59 Å². The quantitative estimate of drug-likeness (QED) is 0.189. The Morgan fingerprint density at radius 1 is 0.871 bits per heavy atom. The van der Waals surface area contributed by atoms with E-state index in [2.05, 4.69) is 31.8 Å². The zero-order chi connectivity index (χ0) is 22.2. The van der Waals surface area contributed by atoms with E-state index in [1.165, 1.54) is 6.21 Å². The van der Waals surface area contributed by atoms with E-state index in [4.69, 9.17) is 4.74 Å². The van der Waals surface area contributed by atoms with E-state index in [-0.39, 0.29) is 0 Å². The molecular weight excluding hydrogens is 462 g/mol. The van der Waals surface area contributed by atoms with Crippen LogP contribution in [0.5, 0.6) is 5.75 Å². The summed E-state index contributed by atoms with van der Waals surface area (Å²) in [6.45, 7) is 1.92. The van der Waals surface area contributed by atoms with Gasteiger partial charge in [-0.15, -0.1) is 0 Å². The number of benzene rings is 3. The summed E-state index contributed by atoms with van der Waals surface area (Å²) in [5, 5.41) is 6.25. The van der Waals surface area contributed by atoms with Crippen LogP contribution in [0.4, 0.5) is 5.69 Å². The largest absolute Gasteiger partial charge is 0.423 e. The molecule has 0 aromatic heterocycles. The van der Waals surface area contributed by atoms with E-state index in [1.807, 2.05) is 19.1 Å². The number of nitrogens with one attached hydrogen (secondary N) is 2. The van der Waals surface area contributed by atoms with E-state index in [0.717, 1.165) is 10.0 Å². The molecule has 0 heterocycles. The molecule has 3 aromatic rings. The number of amides is 2. The number of anilines is 1. The lowest BCUT2D eigenvalue weighted by atomic mass is 10.2. The summed E-state index contributed by atoms with van der Waals surface area (Å²) in [6, 6.07) is 20.4. The Kier molecular flexibility index (Phi) is 7.29. The Balaban J connectivity index is 1.50. The van der Waals surface area contributed by atoms with Crippen LogP contribution in [0, 0.1) is 6.92 Å². The third-order valence-electron chi connectivity index (χ3n) is 4.07. The summed E-state index contributed by atoms with van der Waals surface area (Å²) in [5.41, 5.74) is 4.80. The lowest BCUT2D eigenvalue weighted by Gasteiger charge is -2.05. The van der Waals surface area contributed by atoms with Crippen LogP contribution in [-0.2, 0) is 9.59 Å². The molecule has 0 spiro atoms. The minimum Gasteiger partial charge on any atom is -0.423 e. The minimum absolute atomic E-state index is 0.367. The van der Waals surface area contributed by atoms with Crippen LogP contribution in [0.25, 0.3) is 0 Å². The van der Waals surface area contributed by atoms with Gasteiger partial charge in [0.05, 0.1) is 11.8 Å². The van der Waals surface area contributed by atoms with Crippen LogP contribution in [0.1, 0.15) is 21.5 Å². The normalized spacial score (nSPS) is 10.5. The third-order valence-corrected chi connectivity index (χ3v) is 4.59. The number of aryl methyl sites for hydroxylation is 1. The molecule has 0 aliphatic carbocycles. The van der Waals surface area contributed by atoms with Crippen molar-refractivity contribution in [1.29, 1.82) is 0 Å². The first kappa shape index (κ1) is 21.9. The van der Waals surface area contributed by atoms with Crippen molar-refractivity contribution >= 4 is 45.6 Å². The molecule has 0 fully saturated rings. The van der Waals surface area contributed by atoms with Gasteiger partial charge in [-0.2, -0.15) is 5.10 Å². The molecule has 0 atom stereocenters. The Bertz CT molecular complexity index is 1110. The van der Waals surface area contributed by atoms with Gasteiger partial charge in [-0.1, -0.05) is 33.6 Å². The van der Waals surface area contributed by atoms with Gasteiger partial charge in [0, 0.05) is 10.2 Å². The van der Waals surface area contributed by atoms with Crippen LogP contribution in [0.3, 0.4) is 0 Å². The molecule has 0 aliphatic heterocycles. The van der Waals surface area contributed by atoms with Crippen molar-refractivity contribution in [2.45, 2.75) is 6.92 Å². The fourth-order valence-electron chi connectivity index (χ4n) is 2.41. The number of carbonyl (C=O) groups excluding carboxylic acids is 3. The Morgan fingerprint density at radius 3 is 2.16 bits per heavy atom. The molecule has 0 bridgehead atoms. The lowest BCUT2D eigenvalue weighted by Crippen LogP contribution is -2.32. The number of hydrogen-bond acceptors (Lipinski definition) is 5. The maximum Gasteiger partial charge on any atom is 0.343 e. The molecule has 2 amide bonds. The van der Waals surface area contributed by atoms with Crippen molar-refractivity contribution in [2.24, 2.45) is 5.10 Å². The highest BCUT2D eigenvalue weighted by Crippen LogP contribution is 2.15. The second-order valence-corrected chi connectivity index (χ2v) is 7.40. The van der Waals surface area contributed by atoms with Crippen molar-refractivity contribution in [1.82, 2.24) is 5.43 Å². The highest BCUT2D eigenvalue weighted by atomic mass is 79.9. The number of nitrogens with zero attached hydrogens (tertiary/aromatic N) is 1. The summed E-state index contributed by atoms with van der Waals surface area (Å²) in [4.78, 5) is 35.8. The summed E-state index contributed by atoms with van der Waals surface area (Å²) >= 11 is 3.31. The molecule has 0 radical (unpaired) electrons. The summed E-state index contributed by atoms with van der Waals surface area (Å²) in [6.07, 6.45) is 1.37. The van der Waals surface area contributed by atoms with E-state index >= 15 is 0 Å². The van der Waals surface area contributed by atoms with E-state index in [0.29, 0.717) is 22.6 Å². The summed E-state index contributed by atoms with van der Waals surface area (Å²) in [5.74, 6) is -1.82. The third kappa shape index (κ3) is 6.61. The average Bonchev–Trinajstić information content (AvgIpc) is 2.77. The Hall–Kier alpha value is -3.78. The van der Waals surface area contributed by atoms with Gasteiger partial charge in [0.1, 0.15) is 5.75 Å². The first-order chi connectivity index (χ1) is 14.9. The topological polar surface area (TPSA) is 96.9 Å². The van der Waals surface area contributed by atoms with Gasteiger partial charge in [0.15, 0.2) is 0 Å². The lowest BCUT2D eigenvalue weighted by molar-refractivity contribution is -0.136. The van der Waals surface area contributed by atoms with Crippen molar-refractivity contribution < 1.29 is 19.1 Å². The van der Waals surface area contributed by atoms with E-state index in [9.17, 15) is 14.4 Å². The maximum absolute atomic E-state index is 12.1. The summed E-state index contributed by atoms with van der Waals surface area (Å²) < 4.78 is 6.18. The van der Waals surface area contributed by atoms with E-state index < -0.39 is 17.8 Å². The van der Waals surface area contributed by atoms with Crippen molar-refractivity contribution in [3.05, 3.63) is 94.0 Å². The van der Waals surface area contributed by atoms with Gasteiger partial charge in [-0.25, -0.2) is 10.2 Å². The number of rotatable bonds is 5. The van der Waals surface area contributed by atoms with Crippen LogP contribution in [0.2, 0.25) is 0 Å². The monoisotopic (exact) mass is 479 g/mol. The second-order valence-electron chi connectivity index (χ2n) is 6.48. The first-order valence-electron chi connectivity index (χ1n) is 9.19. The predicted octanol–water partition coefficient (Wildman–Crippen LogP) is 4.07. The fraction of sp³-hybridized carbons (Fsp3) is 0.0435. The molecule has 2 N–H and O–H groups in total. The maximum atomic E-state index is 12.1. The molecule has 31 heavy (non-hydrogen) atoms. The Morgan fingerprint density at radius 2 is 1.52 bits per heavy atom. The minimum atomic E-state index is -0.892. The molecule has 3 aromatic carbocycles. The number of esters is 1. The van der Waals surface area contributed by atoms with Gasteiger partial charge in [0.2, 0.25) is 0 Å². The smallest absolute Gasteiger partial charge is 0.343 e. The zero-order valence-corrected chi connectivity index (χ0v) is 18.0.